The van der Waals surface area contributed by atoms with E-state index in [0.717, 1.165) is 4.57 Å². The van der Waals surface area contributed by atoms with E-state index in [-0.39, 0.29) is 6.54 Å². The van der Waals surface area contributed by atoms with Crippen LogP contribution in [0, 0.1) is 0 Å². The molecule has 0 bridgehead atoms. The van der Waals surface area contributed by atoms with Crippen molar-refractivity contribution in [3.63, 3.8) is 0 Å². The van der Waals surface area contributed by atoms with E-state index in [1.807, 2.05) is 0 Å². The number of carbonyl (C=O) groups excluding carboxylic acids is 1. The van der Waals surface area contributed by atoms with E-state index in [9.17, 15) is 14.4 Å². The third-order valence-corrected chi connectivity index (χ3v) is 2.59. The number of nitrogens with zero attached hydrogens (tertiary/aromatic N) is 4. The van der Waals surface area contributed by atoms with E-state index >= 15 is 0 Å². The zero-order valence-corrected chi connectivity index (χ0v) is 9.38. The Morgan fingerprint density at radius 2 is 2.06 bits per heavy atom. The van der Waals surface area contributed by atoms with Gasteiger partial charge in [-0.25, -0.2) is 14.6 Å². The van der Waals surface area contributed by atoms with Gasteiger partial charge in [-0.2, -0.15) is 0 Å². The Morgan fingerprint density at radius 3 is 2.71 bits per heavy atom. The minimum Gasteiger partial charge on any atom is -0.320 e. The summed E-state index contributed by atoms with van der Waals surface area (Å²) in [4.78, 5) is 37.7. The van der Waals surface area contributed by atoms with Gasteiger partial charge in [0.15, 0.2) is 11.2 Å². The van der Waals surface area contributed by atoms with Gasteiger partial charge in [-0.1, -0.05) is 0 Å². The van der Waals surface area contributed by atoms with E-state index in [0.29, 0.717) is 11.2 Å². The smallest absolute Gasteiger partial charge is 0.320 e. The zero-order valence-electron chi connectivity index (χ0n) is 9.38. The second kappa shape index (κ2) is 3.88. The van der Waals surface area contributed by atoms with Crippen LogP contribution < -0.4 is 11.2 Å². The highest BCUT2D eigenvalue weighted by molar-refractivity contribution is 5.70. The lowest BCUT2D eigenvalue weighted by Crippen LogP contribution is -2.37. The molecule has 0 atom stereocenters. The fraction of sp³-hybridized carbons (Fsp3) is 0.300. The summed E-state index contributed by atoms with van der Waals surface area (Å²) in [5.74, 6) is 1.63. The number of aryl methyl sites for hydroxylation is 1. The monoisotopic (exact) mass is 234 g/mol. The molecule has 88 valence electrons. The third-order valence-electron chi connectivity index (χ3n) is 2.59. The quantitative estimate of drug-likeness (QED) is 0.613. The van der Waals surface area contributed by atoms with Gasteiger partial charge in [-0.3, -0.25) is 13.9 Å². The van der Waals surface area contributed by atoms with Crippen LogP contribution in [0.5, 0.6) is 0 Å². The Hall–Kier alpha value is -2.40. The topological polar surface area (TPSA) is 78.9 Å². The number of allylic oxidation sites excluding steroid dienone is 1. The van der Waals surface area contributed by atoms with E-state index in [1.165, 1.54) is 35.6 Å². The first-order valence-electron chi connectivity index (χ1n) is 4.88. The standard InChI is InChI=1S/C10H10N4O3/c1-12-8-7(9(16)13(2)10(12)17)14(6-11-8)4-3-5-15/h3,6H,4H2,1-2H3. The van der Waals surface area contributed by atoms with Gasteiger partial charge in [0, 0.05) is 20.2 Å². The molecule has 0 aliphatic rings. The summed E-state index contributed by atoms with van der Waals surface area (Å²) in [6.45, 7) is 0.202. The molecule has 0 unspecified atom stereocenters. The fourth-order valence-electron chi connectivity index (χ4n) is 1.67. The fourth-order valence-corrected chi connectivity index (χ4v) is 1.67. The second-order valence-electron chi connectivity index (χ2n) is 3.60. The van der Waals surface area contributed by atoms with E-state index in [2.05, 4.69) is 4.98 Å². The maximum absolute atomic E-state index is 11.9. The van der Waals surface area contributed by atoms with Crippen LogP contribution in [-0.2, 0) is 25.4 Å². The maximum Gasteiger partial charge on any atom is 0.332 e. The normalized spacial score (nSPS) is 10.5. The van der Waals surface area contributed by atoms with Gasteiger partial charge in [0.05, 0.1) is 12.9 Å². The summed E-state index contributed by atoms with van der Waals surface area (Å²) >= 11 is 0. The van der Waals surface area contributed by atoms with Crippen LogP contribution >= 0.6 is 0 Å². The third kappa shape index (κ3) is 1.53. The lowest BCUT2D eigenvalue weighted by atomic mass is 10.5. The molecule has 0 N–H and O–H groups in total. The van der Waals surface area contributed by atoms with Gasteiger partial charge in [0.25, 0.3) is 5.56 Å². The maximum atomic E-state index is 11.9. The molecular formula is C10H10N4O3. The minimum atomic E-state index is -0.432. The molecule has 0 aromatic carbocycles. The summed E-state index contributed by atoms with van der Waals surface area (Å²) in [6.07, 6.45) is 2.66. The van der Waals surface area contributed by atoms with Crippen molar-refractivity contribution in [3.8, 4) is 0 Å². The van der Waals surface area contributed by atoms with Crippen molar-refractivity contribution >= 4 is 17.1 Å². The lowest BCUT2D eigenvalue weighted by molar-refractivity contribution is 0.567. The molecule has 0 saturated heterocycles. The molecule has 0 fully saturated rings. The van der Waals surface area contributed by atoms with Gasteiger partial charge in [-0.05, 0) is 0 Å². The van der Waals surface area contributed by atoms with Crippen LogP contribution in [0.15, 0.2) is 22.0 Å². The molecule has 0 aliphatic carbocycles. The highest BCUT2D eigenvalue weighted by Gasteiger charge is 2.13. The molecule has 7 nitrogen and oxygen atoms in total. The van der Waals surface area contributed by atoms with Gasteiger partial charge in [-0.15, -0.1) is 0 Å². The average Bonchev–Trinajstić information content (AvgIpc) is 2.75. The number of hydrogen-bond acceptors (Lipinski definition) is 4. The Bertz CT molecular complexity index is 743. The Morgan fingerprint density at radius 1 is 1.35 bits per heavy atom. The molecule has 0 radical (unpaired) electrons. The summed E-state index contributed by atoms with van der Waals surface area (Å²) in [7, 11) is 2.94. The van der Waals surface area contributed by atoms with Crippen molar-refractivity contribution in [2.75, 3.05) is 0 Å². The SMILES string of the molecule is Cn1c(=O)c2c(ncn2CC=C=O)n(C)c1=O. The molecule has 7 heteroatoms. The van der Waals surface area contributed by atoms with Crippen LogP contribution in [-0.4, -0.2) is 24.6 Å². The first-order valence-corrected chi connectivity index (χ1v) is 4.88. The van der Waals surface area contributed by atoms with E-state index in [4.69, 9.17) is 0 Å². The molecule has 17 heavy (non-hydrogen) atoms. The molecule has 2 heterocycles. The van der Waals surface area contributed by atoms with Crippen LogP contribution in [0.4, 0.5) is 0 Å². The van der Waals surface area contributed by atoms with E-state index < -0.39 is 11.2 Å². The first-order chi connectivity index (χ1) is 8.07. The van der Waals surface area contributed by atoms with Crippen molar-refractivity contribution in [3.05, 3.63) is 33.2 Å². The number of imidazole rings is 1. The molecule has 0 amide bonds. The Kier molecular flexibility index (Phi) is 2.53. The predicted octanol–water partition coefficient (Wildman–Crippen LogP) is -1.18. The van der Waals surface area contributed by atoms with Crippen LogP contribution in [0.1, 0.15) is 0 Å². The number of aromatic nitrogens is 4. The number of hydrogen-bond donors (Lipinski definition) is 0. The van der Waals surface area contributed by atoms with Gasteiger partial charge < -0.3 is 4.57 Å². The molecule has 2 aromatic heterocycles. The molecule has 2 rings (SSSR count). The minimum absolute atomic E-state index is 0.202. The molecule has 2 aromatic rings. The Balaban J connectivity index is 2.90. The first kappa shape index (κ1) is 11.1. The lowest BCUT2D eigenvalue weighted by Gasteiger charge is -2.04. The van der Waals surface area contributed by atoms with Crippen LogP contribution in [0.2, 0.25) is 0 Å². The second-order valence-corrected chi connectivity index (χ2v) is 3.60. The highest BCUT2D eigenvalue weighted by atomic mass is 16.2. The van der Waals surface area contributed by atoms with Crippen molar-refractivity contribution in [1.29, 1.82) is 0 Å². The summed E-state index contributed by atoms with van der Waals surface area (Å²) in [5.41, 5.74) is -0.267. The van der Waals surface area contributed by atoms with E-state index in [1.54, 1.807) is 5.94 Å². The summed E-state index contributed by atoms with van der Waals surface area (Å²) in [6, 6.07) is 0. The van der Waals surface area contributed by atoms with Crippen molar-refractivity contribution in [1.82, 2.24) is 18.7 Å². The molecule has 0 spiro atoms. The highest BCUT2D eigenvalue weighted by Crippen LogP contribution is 2.04. The molecular weight excluding hydrogens is 224 g/mol. The summed E-state index contributed by atoms with van der Waals surface area (Å²) < 4.78 is 3.80. The van der Waals surface area contributed by atoms with Crippen molar-refractivity contribution in [2.45, 2.75) is 6.54 Å². The van der Waals surface area contributed by atoms with Crippen LogP contribution in [0.3, 0.4) is 0 Å². The van der Waals surface area contributed by atoms with Gasteiger partial charge >= 0.3 is 5.69 Å². The van der Waals surface area contributed by atoms with Gasteiger partial charge in [0.1, 0.15) is 5.94 Å². The predicted molar refractivity (Wildman–Crippen MR) is 60.5 cm³/mol. The number of fused-ring (bicyclic) bond motifs is 1. The average molecular weight is 234 g/mol. The van der Waals surface area contributed by atoms with Crippen LogP contribution in [0.25, 0.3) is 11.2 Å². The zero-order chi connectivity index (χ0) is 12.6. The van der Waals surface area contributed by atoms with Gasteiger partial charge in [0.2, 0.25) is 0 Å². The largest absolute Gasteiger partial charge is 0.332 e. The molecule has 0 saturated carbocycles. The van der Waals surface area contributed by atoms with Crippen molar-refractivity contribution in [2.24, 2.45) is 14.1 Å². The van der Waals surface area contributed by atoms with Crippen molar-refractivity contribution < 1.29 is 4.79 Å². The molecule has 0 aliphatic heterocycles. The Labute approximate surface area is 95.2 Å². The number of rotatable bonds is 2. The summed E-state index contributed by atoms with van der Waals surface area (Å²) in [5, 5.41) is 0.